The summed E-state index contributed by atoms with van der Waals surface area (Å²) < 4.78 is 22.1. The molecule has 1 rings (SSSR count). The molecule has 5 nitrogen and oxygen atoms in total. The van der Waals surface area contributed by atoms with Gasteiger partial charge in [0, 0.05) is 19.8 Å². The number of para-hydroxylation sites is 1. The Balaban J connectivity index is 2.84. The van der Waals surface area contributed by atoms with Gasteiger partial charge >= 0.3 is 0 Å². The van der Waals surface area contributed by atoms with E-state index in [9.17, 15) is 18.3 Å². The topological polar surface area (TPSA) is 74.7 Å². The summed E-state index contributed by atoms with van der Waals surface area (Å²) in [6.07, 6.45) is 1.12. The average Bonchev–Trinajstić information content (AvgIpc) is 2.28. The second kappa shape index (κ2) is 5.39. The number of amides is 1. The summed E-state index contributed by atoms with van der Waals surface area (Å²) in [5, 5.41) is 9.78. The second-order valence-electron chi connectivity index (χ2n) is 4.33. The van der Waals surface area contributed by atoms with Crippen molar-refractivity contribution in [1.82, 2.24) is 4.90 Å². The van der Waals surface area contributed by atoms with Crippen molar-refractivity contribution in [3.63, 3.8) is 0 Å². The van der Waals surface area contributed by atoms with Crippen LogP contribution >= 0.6 is 0 Å². The van der Waals surface area contributed by atoms with Gasteiger partial charge in [0.25, 0.3) is 5.91 Å². The van der Waals surface area contributed by atoms with Gasteiger partial charge in [-0.15, -0.1) is 0 Å². The van der Waals surface area contributed by atoms with E-state index in [1.54, 1.807) is 19.1 Å². The van der Waals surface area contributed by atoms with E-state index >= 15 is 0 Å². The molecule has 1 aromatic rings. The minimum absolute atomic E-state index is 0.0614. The highest BCUT2D eigenvalue weighted by molar-refractivity contribution is 7.90. The Hall–Kier alpha value is -1.56. The fraction of sp³-hybridized carbons (Fsp3) is 0.417. The van der Waals surface area contributed by atoms with Crippen LogP contribution in [-0.2, 0) is 9.84 Å². The Bertz CT molecular complexity index is 551. The van der Waals surface area contributed by atoms with E-state index in [1.807, 2.05) is 0 Å². The molecule has 0 heterocycles. The van der Waals surface area contributed by atoms with Gasteiger partial charge in [0.1, 0.15) is 15.6 Å². The van der Waals surface area contributed by atoms with Crippen molar-refractivity contribution < 1.29 is 18.3 Å². The smallest absolute Gasteiger partial charge is 0.257 e. The number of aromatic hydroxyl groups is 1. The quantitative estimate of drug-likeness (QED) is 0.879. The highest BCUT2D eigenvalue weighted by Crippen LogP contribution is 2.22. The van der Waals surface area contributed by atoms with Crippen LogP contribution in [0.4, 0.5) is 0 Å². The molecule has 0 saturated heterocycles. The lowest BCUT2D eigenvalue weighted by molar-refractivity contribution is 0.0800. The van der Waals surface area contributed by atoms with Gasteiger partial charge < -0.3 is 10.0 Å². The van der Waals surface area contributed by atoms with Crippen molar-refractivity contribution in [2.24, 2.45) is 0 Å². The number of carbonyl (C=O) groups excluding carboxylic acids is 1. The third-order valence-corrected chi connectivity index (χ3v) is 3.54. The summed E-state index contributed by atoms with van der Waals surface area (Å²) in [5.41, 5.74) is 0.795. The number of rotatable bonds is 4. The average molecular weight is 271 g/mol. The van der Waals surface area contributed by atoms with Crippen molar-refractivity contribution in [3.05, 3.63) is 29.3 Å². The second-order valence-corrected chi connectivity index (χ2v) is 6.59. The molecule has 1 aromatic carbocycles. The summed E-state index contributed by atoms with van der Waals surface area (Å²) >= 11 is 0. The molecule has 0 aliphatic rings. The monoisotopic (exact) mass is 271 g/mol. The lowest BCUT2D eigenvalue weighted by Crippen LogP contribution is -2.31. The van der Waals surface area contributed by atoms with E-state index in [1.165, 1.54) is 18.0 Å². The molecule has 0 saturated carbocycles. The Kier molecular flexibility index (Phi) is 4.34. The SMILES string of the molecule is Cc1cccc(C(=O)N(C)CCS(C)(=O)=O)c1O. The molecule has 0 atom stereocenters. The van der Waals surface area contributed by atoms with Crippen LogP contribution in [-0.4, -0.2) is 49.9 Å². The fourth-order valence-corrected chi connectivity index (χ4v) is 2.05. The molecule has 0 unspecified atom stereocenters. The first-order chi connectivity index (χ1) is 8.22. The standard InChI is InChI=1S/C12H17NO4S/c1-9-5-4-6-10(11(9)14)12(15)13(2)7-8-18(3,16)17/h4-6,14H,7-8H2,1-3H3. The number of phenols is 1. The summed E-state index contributed by atoms with van der Waals surface area (Å²) in [5.74, 6) is -0.546. The molecule has 0 aliphatic heterocycles. The molecule has 0 spiro atoms. The molecule has 0 radical (unpaired) electrons. The number of phenolic OH excluding ortho intramolecular Hbond substituents is 1. The van der Waals surface area contributed by atoms with E-state index in [0.717, 1.165) is 6.26 Å². The van der Waals surface area contributed by atoms with Crippen molar-refractivity contribution in [1.29, 1.82) is 0 Å². The highest BCUT2D eigenvalue weighted by Gasteiger charge is 2.17. The molecule has 18 heavy (non-hydrogen) atoms. The summed E-state index contributed by atoms with van der Waals surface area (Å²) in [6, 6.07) is 4.89. The van der Waals surface area contributed by atoms with Crippen LogP contribution in [0.2, 0.25) is 0 Å². The van der Waals surface area contributed by atoms with E-state index in [4.69, 9.17) is 0 Å². The Morgan fingerprint density at radius 1 is 1.39 bits per heavy atom. The van der Waals surface area contributed by atoms with Gasteiger partial charge in [0.15, 0.2) is 0 Å². The van der Waals surface area contributed by atoms with Crippen LogP contribution in [0.25, 0.3) is 0 Å². The zero-order valence-electron chi connectivity index (χ0n) is 10.7. The number of benzene rings is 1. The number of hydrogen-bond acceptors (Lipinski definition) is 4. The predicted molar refractivity (Wildman–Crippen MR) is 69.5 cm³/mol. The van der Waals surface area contributed by atoms with E-state index in [-0.39, 0.29) is 29.5 Å². The van der Waals surface area contributed by atoms with Gasteiger partial charge in [-0.05, 0) is 18.6 Å². The highest BCUT2D eigenvalue weighted by atomic mass is 32.2. The third-order valence-electron chi connectivity index (χ3n) is 2.61. The molecular weight excluding hydrogens is 254 g/mol. The molecule has 0 aromatic heterocycles. The van der Waals surface area contributed by atoms with Gasteiger partial charge in [-0.2, -0.15) is 0 Å². The summed E-state index contributed by atoms with van der Waals surface area (Å²) in [4.78, 5) is 13.3. The van der Waals surface area contributed by atoms with Crippen molar-refractivity contribution in [3.8, 4) is 5.75 Å². The van der Waals surface area contributed by atoms with Gasteiger partial charge in [-0.3, -0.25) is 4.79 Å². The van der Waals surface area contributed by atoms with Gasteiger partial charge in [0.05, 0.1) is 11.3 Å². The molecule has 0 aliphatic carbocycles. The third kappa shape index (κ3) is 3.73. The number of hydrogen-bond donors (Lipinski definition) is 1. The first kappa shape index (κ1) is 14.5. The van der Waals surface area contributed by atoms with E-state index in [2.05, 4.69) is 0 Å². The number of aryl methyl sites for hydroxylation is 1. The van der Waals surface area contributed by atoms with Crippen LogP contribution in [0.15, 0.2) is 18.2 Å². The fourth-order valence-electron chi connectivity index (χ4n) is 1.44. The first-order valence-corrected chi connectivity index (χ1v) is 7.50. The van der Waals surface area contributed by atoms with Crippen LogP contribution in [0.1, 0.15) is 15.9 Å². The van der Waals surface area contributed by atoms with Crippen molar-refractivity contribution in [2.75, 3.05) is 25.6 Å². The molecule has 1 amide bonds. The zero-order chi connectivity index (χ0) is 13.9. The first-order valence-electron chi connectivity index (χ1n) is 5.44. The van der Waals surface area contributed by atoms with Gasteiger partial charge in [-0.25, -0.2) is 8.42 Å². The van der Waals surface area contributed by atoms with Gasteiger partial charge in [-0.1, -0.05) is 12.1 Å². The lowest BCUT2D eigenvalue weighted by Gasteiger charge is -2.17. The molecule has 1 N–H and O–H groups in total. The zero-order valence-corrected chi connectivity index (χ0v) is 11.5. The summed E-state index contributed by atoms with van der Waals surface area (Å²) in [6.45, 7) is 1.80. The predicted octanol–water partition coefficient (Wildman–Crippen LogP) is 0.817. The Labute approximate surface area is 107 Å². The van der Waals surface area contributed by atoms with Crippen LogP contribution in [0.3, 0.4) is 0 Å². The Morgan fingerprint density at radius 3 is 2.56 bits per heavy atom. The maximum Gasteiger partial charge on any atom is 0.257 e. The molecular formula is C12H17NO4S. The number of sulfone groups is 1. The minimum atomic E-state index is -3.11. The van der Waals surface area contributed by atoms with Gasteiger partial charge in [0.2, 0.25) is 0 Å². The Morgan fingerprint density at radius 2 is 2.00 bits per heavy atom. The minimum Gasteiger partial charge on any atom is -0.507 e. The van der Waals surface area contributed by atoms with E-state index in [0.29, 0.717) is 5.56 Å². The maximum atomic E-state index is 12.0. The molecule has 100 valence electrons. The number of nitrogens with zero attached hydrogens (tertiary/aromatic N) is 1. The molecule has 0 bridgehead atoms. The molecule has 0 fully saturated rings. The van der Waals surface area contributed by atoms with E-state index < -0.39 is 9.84 Å². The van der Waals surface area contributed by atoms with Crippen molar-refractivity contribution >= 4 is 15.7 Å². The maximum absolute atomic E-state index is 12.0. The normalized spacial score (nSPS) is 11.3. The largest absolute Gasteiger partial charge is 0.507 e. The van der Waals surface area contributed by atoms with Crippen LogP contribution < -0.4 is 0 Å². The van der Waals surface area contributed by atoms with Crippen LogP contribution in [0, 0.1) is 6.92 Å². The molecule has 6 heteroatoms. The van der Waals surface area contributed by atoms with Crippen LogP contribution in [0.5, 0.6) is 5.75 Å². The number of carbonyl (C=O) groups is 1. The van der Waals surface area contributed by atoms with Crippen molar-refractivity contribution in [2.45, 2.75) is 6.92 Å². The lowest BCUT2D eigenvalue weighted by atomic mass is 10.1. The summed E-state index contributed by atoms with van der Waals surface area (Å²) in [7, 11) is -1.60.